The third-order valence-electron chi connectivity index (χ3n) is 12.7. The molecule has 1 unspecified atom stereocenters. The average molecular weight is 918 g/mol. The first-order valence-corrected chi connectivity index (χ1v) is 23.9. The molecule has 3 heteroatoms. The molecule has 0 saturated carbocycles. The number of fused-ring (bicyclic) bond motifs is 2. The van der Waals surface area contributed by atoms with Gasteiger partial charge in [0.25, 0.3) is 0 Å². The zero-order valence-corrected chi connectivity index (χ0v) is 39.1. The SMILES string of the molecule is CCc1cc(-c2ccccc2)c2c(c1)=[C]([Zr+2]=[C](c1ccccc1)c1ccccc1)C1=C(C3=CC=CC3)C(CC)(c3ccccc3)C(c3ccccc3)=C(c3ccccc3)C=21.[Cl-].[Cl-]. The Labute approximate surface area is 390 Å². The molecule has 0 aromatic heterocycles. The molecule has 0 saturated heterocycles. The quantitative estimate of drug-likeness (QED) is 0.144. The second-order valence-electron chi connectivity index (χ2n) is 15.9. The van der Waals surface area contributed by atoms with Gasteiger partial charge in [0.1, 0.15) is 0 Å². The number of rotatable bonds is 10. The van der Waals surface area contributed by atoms with Crippen molar-refractivity contribution < 1.29 is 47.6 Å². The van der Waals surface area contributed by atoms with Gasteiger partial charge in [-0.1, -0.05) is 0 Å². The van der Waals surface area contributed by atoms with Gasteiger partial charge in [-0.15, -0.1) is 0 Å². The van der Waals surface area contributed by atoms with E-state index in [1.807, 2.05) is 0 Å². The Morgan fingerprint density at radius 2 is 1.05 bits per heavy atom. The summed E-state index contributed by atoms with van der Waals surface area (Å²) in [5.74, 6) is 0. The van der Waals surface area contributed by atoms with Crippen molar-refractivity contribution in [2.45, 2.75) is 38.5 Å². The number of hydrogen-bond acceptors (Lipinski definition) is 0. The molecule has 3 aliphatic carbocycles. The fourth-order valence-electron chi connectivity index (χ4n) is 10.1. The van der Waals surface area contributed by atoms with Crippen LogP contribution >= 0.6 is 0 Å². The van der Waals surface area contributed by atoms with Crippen LogP contribution in [0.15, 0.2) is 229 Å². The molecule has 0 nitrogen and oxygen atoms in total. The van der Waals surface area contributed by atoms with Crippen LogP contribution in [0.4, 0.5) is 0 Å². The molecule has 0 fully saturated rings. The minimum absolute atomic E-state index is 0. The zero-order chi connectivity index (χ0) is 40.5. The summed E-state index contributed by atoms with van der Waals surface area (Å²) < 4.78 is 3.09. The smallest absolute Gasteiger partial charge is 1.00 e. The Hall–Kier alpha value is -5.43. The largest absolute Gasteiger partial charge is 1.00 e. The molecular weight excluding hydrogens is 871 g/mol. The first-order chi connectivity index (χ1) is 29.7. The maximum absolute atomic E-state index is 2.59. The molecule has 0 N–H and O–H groups in total. The fourth-order valence-corrected chi connectivity index (χ4v) is 14.0. The van der Waals surface area contributed by atoms with Crippen LogP contribution < -0.4 is 35.3 Å². The van der Waals surface area contributed by atoms with E-state index in [9.17, 15) is 0 Å². The molecule has 0 heterocycles. The van der Waals surface area contributed by atoms with Crippen LogP contribution in [0, 0.1) is 0 Å². The molecule has 7 aromatic carbocycles. The van der Waals surface area contributed by atoms with Crippen molar-refractivity contribution in [2.75, 3.05) is 0 Å². The van der Waals surface area contributed by atoms with E-state index < -0.39 is 28.2 Å². The minimum Gasteiger partial charge on any atom is -1.00 e. The van der Waals surface area contributed by atoms with Crippen molar-refractivity contribution in [2.24, 2.45) is 0 Å². The fraction of sp³-hybridized carbons (Fsp3) is 0.102. The van der Waals surface area contributed by atoms with E-state index in [0.29, 0.717) is 0 Å². The zero-order valence-electron chi connectivity index (χ0n) is 35.1. The summed E-state index contributed by atoms with van der Waals surface area (Å²) in [6, 6.07) is 73.0. The predicted octanol–water partition coefficient (Wildman–Crippen LogP) is 6.70. The summed E-state index contributed by atoms with van der Waals surface area (Å²) in [5, 5.41) is 2.82. The summed E-state index contributed by atoms with van der Waals surface area (Å²) in [7, 11) is 0. The van der Waals surface area contributed by atoms with E-state index in [-0.39, 0.29) is 24.8 Å². The van der Waals surface area contributed by atoms with E-state index in [2.05, 4.69) is 226 Å². The third kappa shape index (κ3) is 7.49. The van der Waals surface area contributed by atoms with Gasteiger partial charge < -0.3 is 24.8 Å². The van der Waals surface area contributed by atoms with Crippen molar-refractivity contribution in [3.8, 4) is 11.1 Å². The maximum Gasteiger partial charge on any atom is -1.00 e. The number of allylic oxidation sites excluding steroid dienone is 8. The van der Waals surface area contributed by atoms with Gasteiger partial charge in [-0.05, 0) is 0 Å². The first-order valence-electron chi connectivity index (χ1n) is 21.5. The standard InChI is InChI=1S/C46H37.C13H10.2ClH.Zr/c1-3-32-29-37-31-40-43(41(37)39(30-32)33-19-9-5-10-20-33)42(34-21-11-6-12-22-34)45(36-23-13-7-14-24-36)46(4-2,38-27-15-8-16-28-38)44(40)35-25-17-18-26-35;1-3-7-12(8-4-1)11-13-9-5-2-6-10-13;;;/h5-25,27-30H,3-4,26H2,1-2H3;1-10H;2*1H;/q;;;;+2/p-2. The van der Waals surface area contributed by atoms with Gasteiger partial charge in [0, 0.05) is 0 Å². The molecule has 7 aromatic rings. The molecule has 0 spiro atoms. The first kappa shape index (κ1) is 43.2. The molecular formula is C59H47Cl2Zr. The van der Waals surface area contributed by atoms with Crippen molar-refractivity contribution in [3.63, 3.8) is 0 Å². The van der Waals surface area contributed by atoms with E-state index >= 15 is 0 Å². The van der Waals surface area contributed by atoms with Gasteiger partial charge in [-0.2, -0.15) is 0 Å². The van der Waals surface area contributed by atoms with Gasteiger partial charge >= 0.3 is 368 Å². The number of halogens is 2. The second kappa shape index (κ2) is 18.9. The van der Waals surface area contributed by atoms with Crippen molar-refractivity contribution in [3.05, 3.63) is 273 Å². The molecule has 0 bridgehead atoms. The number of aryl methyl sites for hydroxylation is 1. The topological polar surface area (TPSA) is 0 Å². The molecule has 0 radical (unpaired) electrons. The normalized spacial score (nSPS) is 16.2. The predicted molar refractivity (Wildman–Crippen MR) is 250 cm³/mol. The van der Waals surface area contributed by atoms with E-state index in [0.717, 1.165) is 19.3 Å². The van der Waals surface area contributed by atoms with Crippen LogP contribution in [0.25, 0.3) is 31.1 Å². The molecule has 0 amide bonds. The van der Waals surface area contributed by atoms with Crippen LogP contribution in [0.3, 0.4) is 0 Å². The van der Waals surface area contributed by atoms with Gasteiger partial charge in [0.05, 0.1) is 0 Å². The summed E-state index contributed by atoms with van der Waals surface area (Å²) >= 11 is -1.62. The minimum atomic E-state index is -1.62. The third-order valence-corrected chi connectivity index (χ3v) is 16.6. The van der Waals surface area contributed by atoms with Crippen LogP contribution in [0.1, 0.15) is 60.1 Å². The molecule has 301 valence electrons. The Morgan fingerprint density at radius 1 is 0.532 bits per heavy atom. The summed E-state index contributed by atoms with van der Waals surface area (Å²) in [6.07, 6.45) is 9.89. The summed E-state index contributed by atoms with van der Waals surface area (Å²) in [4.78, 5) is 0. The van der Waals surface area contributed by atoms with Crippen LogP contribution in [0.2, 0.25) is 0 Å². The van der Waals surface area contributed by atoms with Gasteiger partial charge in [-0.25, -0.2) is 0 Å². The van der Waals surface area contributed by atoms with Gasteiger partial charge in [0.15, 0.2) is 0 Å². The van der Waals surface area contributed by atoms with Crippen molar-refractivity contribution in [1.82, 2.24) is 0 Å². The van der Waals surface area contributed by atoms with E-state index in [4.69, 9.17) is 0 Å². The van der Waals surface area contributed by atoms with Crippen LogP contribution in [0.5, 0.6) is 0 Å². The number of benzene rings is 7. The number of hydrogen-bond donors (Lipinski definition) is 0. The maximum atomic E-state index is 2.59. The molecule has 3 aliphatic rings. The van der Waals surface area contributed by atoms with E-state index in [1.165, 1.54) is 91.6 Å². The Morgan fingerprint density at radius 3 is 1.56 bits per heavy atom. The van der Waals surface area contributed by atoms with Crippen molar-refractivity contribution in [1.29, 1.82) is 0 Å². The summed E-state index contributed by atoms with van der Waals surface area (Å²) in [5.41, 5.74) is 18.6. The average Bonchev–Trinajstić information content (AvgIpc) is 3.98. The van der Waals surface area contributed by atoms with Crippen molar-refractivity contribution >= 4 is 23.2 Å². The molecule has 0 aliphatic heterocycles. The van der Waals surface area contributed by atoms with E-state index in [1.54, 1.807) is 3.28 Å². The summed E-state index contributed by atoms with van der Waals surface area (Å²) in [6.45, 7) is 4.75. The van der Waals surface area contributed by atoms with Crippen LogP contribution in [-0.2, 0) is 34.6 Å². The Balaban J connectivity index is 0.00000264. The second-order valence-corrected chi connectivity index (χ2v) is 19.0. The monoisotopic (exact) mass is 915 g/mol. The molecule has 10 rings (SSSR count). The Bertz CT molecular complexity index is 2980. The van der Waals surface area contributed by atoms with Gasteiger partial charge in [-0.3, -0.25) is 0 Å². The van der Waals surface area contributed by atoms with Gasteiger partial charge in [0.2, 0.25) is 0 Å². The molecule has 1 atom stereocenters. The molecule has 62 heavy (non-hydrogen) atoms. The Kier molecular flexibility index (Phi) is 13.2. The van der Waals surface area contributed by atoms with Crippen LogP contribution in [-0.4, -0.2) is 3.21 Å².